The molecule has 0 aliphatic carbocycles. The summed E-state index contributed by atoms with van der Waals surface area (Å²) >= 11 is 4.80. The van der Waals surface area contributed by atoms with Gasteiger partial charge in [0.2, 0.25) is 0 Å². The maximum Gasteiger partial charge on any atom is 0.133 e. The summed E-state index contributed by atoms with van der Waals surface area (Å²) in [7, 11) is 2.02. The van der Waals surface area contributed by atoms with Crippen LogP contribution in [0.5, 0.6) is 0 Å². The van der Waals surface area contributed by atoms with Crippen molar-refractivity contribution < 1.29 is 4.39 Å². The molecule has 0 saturated carbocycles. The molecule has 1 aromatic rings. The van der Waals surface area contributed by atoms with Crippen LogP contribution in [0, 0.1) is 5.82 Å². The van der Waals surface area contributed by atoms with Crippen molar-refractivity contribution in [3.63, 3.8) is 0 Å². The molecule has 0 atom stereocenters. The van der Waals surface area contributed by atoms with Crippen LogP contribution in [-0.2, 0) is 6.54 Å². The van der Waals surface area contributed by atoms with Gasteiger partial charge in [-0.25, -0.2) is 4.39 Å². The van der Waals surface area contributed by atoms with E-state index in [0.717, 1.165) is 12.1 Å². The van der Waals surface area contributed by atoms with Crippen molar-refractivity contribution in [1.29, 1.82) is 0 Å². The Bertz CT molecular complexity index is 391. The summed E-state index contributed by atoms with van der Waals surface area (Å²) in [4.78, 5) is 2.27. The molecule has 0 bridgehead atoms. The zero-order valence-corrected chi connectivity index (χ0v) is 10.6. The molecule has 2 nitrogen and oxygen atoms in total. The number of halogens is 1. The molecule has 0 radical (unpaired) electrons. The smallest absolute Gasteiger partial charge is 0.133 e. The minimum atomic E-state index is -0.358. The molecule has 1 rings (SSSR count). The molecule has 88 valence electrons. The molecule has 4 heteroatoms. The van der Waals surface area contributed by atoms with Gasteiger partial charge >= 0.3 is 0 Å². The lowest BCUT2D eigenvalue weighted by Gasteiger charge is -2.21. The van der Waals surface area contributed by atoms with Crippen molar-refractivity contribution in [3.8, 4) is 0 Å². The van der Waals surface area contributed by atoms with E-state index in [2.05, 4.69) is 18.7 Å². The van der Waals surface area contributed by atoms with Gasteiger partial charge in [-0.3, -0.25) is 4.90 Å². The lowest BCUT2D eigenvalue weighted by Crippen LogP contribution is -2.25. The van der Waals surface area contributed by atoms with Crippen LogP contribution >= 0.6 is 12.2 Å². The zero-order chi connectivity index (χ0) is 12.3. The third-order valence-corrected chi connectivity index (χ3v) is 2.83. The Labute approximate surface area is 101 Å². The van der Waals surface area contributed by atoms with Gasteiger partial charge < -0.3 is 5.73 Å². The summed E-state index contributed by atoms with van der Waals surface area (Å²) in [5, 5.41) is 0. The van der Waals surface area contributed by atoms with Gasteiger partial charge in [-0.2, -0.15) is 0 Å². The predicted octanol–water partition coefficient (Wildman–Crippen LogP) is 2.30. The van der Waals surface area contributed by atoms with E-state index in [9.17, 15) is 4.39 Å². The summed E-state index contributed by atoms with van der Waals surface area (Å²) in [5.41, 5.74) is 6.79. The van der Waals surface area contributed by atoms with Gasteiger partial charge in [-0.15, -0.1) is 0 Å². The molecular weight excluding hydrogens is 223 g/mol. The summed E-state index contributed by atoms with van der Waals surface area (Å²) in [6.45, 7) is 4.98. The fourth-order valence-corrected chi connectivity index (χ4v) is 1.49. The number of nitrogens with zero attached hydrogens (tertiary/aromatic N) is 1. The highest BCUT2D eigenvalue weighted by atomic mass is 32.1. The van der Waals surface area contributed by atoms with Gasteiger partial charge in [0.05, 0.1) is 0 Å². The van der Waals surface area contributed by atoms with E-state index in [-0.39, 0.29) is 10.8 Å². The number of rotatable bonds is 4. The van der Waals surface area contributed by atoms with E-state index < -0.39 is 0 Å². The SMILES string of the molecule is CC(C)N(C)Cc1ccc(F)c(C(N)=S)c1. The maximum atomic E-state index is 13.3. The van der Waals surface area contributed by atoms with Crippen molar-refractivity contribution >= 4 is 17.2 Å². The molecule has 0 heterocycles. The number of nitrogens with two attached hydrogens (primary N) is 1. The Morgan fingerprint density at radius 3 is 2.62 bits per heavy atom. The zero-order valence-electron chi connectivity index (χ0n) is 9.83. The van der Waals surface area contributed by atoms with Gasteiger partial charge in [0.25, 0.3) is 0 Å². The van der Waals surface area contributed by atoms with E-state index in [1.54, 1.807) is 12.1 Å². The fraction of sp³-hybridized carbons (Fsp3) is 0.417. The molecular formula is C12H17FN2S. The summed E-state index contributed by atoms with van der Waals surface area (Å²) in [6.07, 6.45) is 0. The van der Waals surface area contributed by atoms with E-state index in [4.69, 9.17) is 18.0 Å². The van der Waals surface area contributed by atoms with Crippen LogP contribution < -0.4 is 5.73 Å². The van der Waals surface area contributed by atoms with E-state index >= 15 is 0 Å². The standard InChI is InChI=1S/C12H17FN2S/c1-8(2)15(3)7-9-4-5-11(13)10(6-9)12(14)16/h4-6,8H,7H2,1-3H3,(H2,14,16). The van der Waals surface area contributed by atoms with Crippen LogP contribution in [0.25, 0.3) is 0 Å². The molecule has 0 spiro atoms. The number of hydrogen-bond donors (Lipinski definition) is 1. The van der Waals surface area contributed by atoms with Crippen LogP contribution in [0.15, 0.2) is 18.2 Å². The summed E-state index contributed by atoms with van der Waals surface area (Å²) < 4.78 is 13.3. The largest absolute Gasteiger partial charge is 0.389 e. The molecule has 1 aromatic carbocycles. The molecule has 0 unspecified atom stereocenters. The first-order valence-electron chi connectivity index (χ1n) is 5.20. The third-order valence-electron chi connectivity index (χ3n) is 2.61. The van der Waals surface area contributed by atoms with Gasteiger partial charge in [0.15, 0.2) is 0 Å². The van der Waals surface area contributed by atoms with Crippen molar-refractivity contribution in [3.05, 3.63) is 35.1 Å². The average Bonchev–Trinajstić information content (AvgIpc) is 2.20. The topological polar surface area (TPSA) is 29.3 Å². The predicted molar refractivity (Wildman–Crippen MR) is 68.9 cm³/mol. The van der Waals surface area contributed by atoms with E-state index in [0.29, 0.717) is 11.6 Å². The monoisotopic (exact) mass is 240 g/mol. The first kappa shape index (κ1) is 13.1. The minimum Gasteiger partial charge on any atom is -0.389 e. The number of benzene rings is 1. The van der Waals surface area contributed by atoms with Crippen molar-refractivity contribution in [1.82, 2.24) is 4.90 Å². The lowest BCUT2D eigenvalue weighted by atomic mass is 10.1. The Balaban J connectivity index is 2.91. The molecule has 0 aliphatic rings. The van der Waals surface area contributed by atoms with Gasteiger partial charge in [-0.05, 0) is 38.6 Å². The Morgan fingerprint density at radius 1 is 1.50 bits per heavy atom. The van der Waals surface area contributed by atoms with Crippen LogP contribution in [0.4, 0.5) is 4.39 Å². The normalized spacial score (nSPS) is 11.1. The highest BCUT2D eigenvalue weighted by Gasteiger charge is 2.09. The minimum absolute atomic E-state index is 0.103. The van der Waals surface area contributed by atoms with Crippen molar-refractivity contribution in [2.45, 2.75) is 26.4 Å². The van der Waals surface area contributed by atoms with Gasteiger partial charge in [0.1, 0.15) is 10.8 Å². The Hall–Kier alpha value is -1.00. The fourth-order valence-electron chi connectivity index (χ4n) is 1.33. The molecule has 0 aliphatic heterocycles. The van der Waals surface area contributed by atoms with Crippen molar-refractivity contribution in [2.24, 2.45) is 5.73 Å². The molecule has 0 amide bonds. The number of thiocarbonyl (C=S) groups is 1. The van der Waals surface area contributed by atoms with Crippen LogP contribution in [0.2, 0.25) is 0 Å². The molecule has 16 heavy (non-hydrogen) atoms. The maximum absolute atomic E-state index is 13.3. The first-order chi connectivity index (χ1) is 7.41. The van der Waals surface area contributed by atoms with Gasteiger partial charge in [0, 0.05) is 18.2 Å². The third kappa shape index (κ3) is 3.25. The second-order valence-corrected chi connectivity index (χ2v) is 4.63. The van der Waals surface area contributed by atoms with E-state index in [1.807, 2.05) is 7.05 Å². The number of hydrogen-bond acceptors (Lipinski definition) is 2. The molecule has 0 aromatic heterocycles. The molecule has 0 saturated heterocycles. The summed E-state index contributed by atoms with van der Waals surface area (Å²) in [6, 6.07) is 5.34. The second kappa shape index (κ2) is 5.37. The molecule has 2 N–H and O–H groups in total. The summed E-state index contributed by atoms with van der Waals surface area (Å²) in [5.74, 6) is -0.358. The van der Waals surface area contributed by atoms with Crippen molar-refractivity contribution in [2.75, 3.05) is 7.05 Å². The highest BCUT2D eigenvalue weighted by molar-refractivity contribution is 7.80. The van der Waals surface area contributed by atoms with Crippen LogP contribution in [0.3, 0.4) is 0 Å². The highest BCUT2D eigenvalue weighted by Crippen LogP contribution is 2.13. The lowest BCUT2D eigenvalue weighted by molar-refractivity contribution is 0.265. The quantitative estimate of drug-likeness (QED) is 0.819. The van der Waals surface area contributed by atoms with Crippen LogP contribution in [-0.4, -0.2) is 23.0 Å². The average molecular weight is 240 g/mol. The van der Waals surface area contributed by atoms with Crippen LogP contribution in [0.1, 0.15) is 25.0 Å². The Morgan fingerprint density at radius 2 is 2.12 bits per heavy atom. The molecule has 0 fully saturated rings. The Kier molecular flexibility index (Phi) is 4.38. The first-order valence-corrected chi connectivity index (χ1v) is 5.61. The van der Waals surface area contributed by atoms with Gasteiger partial charge in [-0.1, -0.05) is 18.3 Å². The second-order valence-electron chi connectivity index (χ2n) is 4.19. The van der Waals surface area contributed by atoms with E-state index in [1.165, 1.54) is 6.07 Å².